The largest absolute Gasteiger partial charge is 0.465 e. The van der Waals surface area contributed by atoms with E-state index in [0.717, 1.165) is 5.56 Å². The fourth-order valence-corrected chi connectivity index (χ4v) is 2.73. The van der Waals surface area contributed by atoms with E-state index in [2.05, 4.69) is 25.6 Å². The number of para-hydroxylation sites is 1. The molecule has 0 saturated carbocycles. The van der Waals surface area contributed by atoms with E-state index in [-0.39, 0.29) is 17.7 Å². The van der Waals surface area contributed by atoms with Gasteiger partial charge in [0.05, 0.1) is 18.4 Å². The maximum Gasteiger partial charge on any atom is 0.339 e. The molecule has 0 unspecified atom stereocenters. The summed E-state index contributed by atoms with van der Waals surface area (Å²) in [6.07, 6.45) is 1.60. The van der Waals surface area contributed by atoms with Gasteiger partial charge in [-0.15, -0.1) is 5.10 Å². The third-order valence-electron chi connectivity index (χ3n) is 4.18. The van der Waals surface area contributed by atoms with E-state index in [1.165, 1.54) is 24.2 Å². The number of benzene rings is 2. The third kappa shape index (κ3) is 5.25. The Morgan fingerprint density at radius 3 is 2.50 bits per heavy atom. The van der Waals surface area contributed by atoms with Crippen molar-refractivity contribution in [1.29, 1.82) is 0 Å². The summed E-state index contributed by atoms with van der Waals surface area (Å²) in [5.41, 5.74) is 1.33. The zero-order valence-corrected chi connectivity index (χ0v) is 16.1. The van der Waals surface area contributed by atoms with Crippen molar-refractivity contribution < 1.29 is 23.9 Å². The van der Waals surface area contributed by atoms with Crippen LogP contribution in [0.4, 0.5) is 5.69 Å². The Hall–Kier alpha value is -4.08. The van der Waals surface area contributed by atoms with Crippen LogP contribution in [0.3, 0.4) is 0 Å². The van der Waals surface area contributed by atoms with Crippen molar-refractivity contribution in [3.63, 3.8) is 0 Å². The van der Waals surface area contributed by atoms with Gasteiger partial charge >= 0.3 is 11.9 Å². The molecule has 2 aromatic carbocycles. The number of nitrogens with one attached hydrogen (secondary N) is 1. The van der Waals surface area contributed by atoms with E-state index in [1.807, 2.05) is 30.3 Å². The number of rotatable bonds is 8. The summed E-state index contributed by atoms with van der Waals surface area (Å²) in [5.74, 6) is -1.86. The van der Waals surface area contributed by atoms with E-state index >= 15 is 0 Å². The first-order chi connectivity index (χ1) is 14.6. The molecule has 0 aliphatic heterocycles. The van der Waals surface area contributed by atoms with E-state index in [1.54, 1.807) is 18.2 Å². The predicted octanol–water partition coefficient (Wildman–Crippen LogP) is 1.43. The molecule has 10 nitrogen and oxygen atoms in total. The average Bonchev–Trinajstić information content (AvgIpc) is 3.31. The molecule has 1 aromatic heterocycles. The monoisotopic (exact) mass is 409 g/mol. The van der Waals surface area contributed by atoms with Crippen molar-refractivity contribution in [3.05, 3.63) is 72.1 Å². The van der Waals surface area contributed by atoms with Gasteiger partial charge in [0.15, 0.2) is 12.6 Å². The summed E-state index contributed by atoms with van der Waals surface area (Å²) in [7, 11) is 1.24. The Balaban J connectivity index is 1.64. The molecule has 1 amide bonds. The number of anilines is 1. The van der Waals surface area contributed by atoms with Gasteiger partial charge in [-0.2, -0.15) is 0 Å². The zero-order chi connectivity index (χ0) is 21.3. The summed E-state index contributed by atoms with van der Waals surface area (Å²) in [6.45, 7) is -0.540. The molecule has 10 heteroatoms. The lowest BCUT2D eigenvalue weighted by Crippen LogP contribution is -2.28. The van der Waals surface area contributed by atoms with Gasteiger partial charge in [0.1, 0.15) is 6.33 Å². The molecule has 3 rings (SSSR count). The van der Waals surface area contributed by atoms with Crippen LogP contribution >= 0.6 is 0 Å². The number of esters is 2. The highest BCUT2D eigenvalue weighted by Gasteiger charge is 2.25. The topological polar surface area (TPSA) is 125 Å². The Bertz CT molecular complexity index is 1010. The van der Waals surface area contributed by atoms with E-state index in [4.69, 9.17) is 4.74 Å². The molecule has 0 bridgehead atoms. The summed E-state index contributed by atoms with van der Waals surface area (Å²) < 4.78 is 11.1. The normalized spacial score (nSPS) is 11.4. The molecule has 0 aliphatic carbocycles. The minimum atomic E-state index is -0.836. The van der Waals surface area contributed by atoms with Crippen molar-refractivity contribution in [2.24, 2.45) is 0 Å². The van der Waals surface area contributed by atoms with Crippen LogP contribution in [0.5, 0.6) is 0 Å². The number of carbonyl (C=O) groups excluding carboxylic acids is 3. The molecule has 0 radical (unpaired) electrons. The van der Waals surface area contributed by atoms with Gasteiger partial charge in [0.2, 0.25) is 0 Å². The van der Waals surface area contributed by atoms with Gasteiger partial charge in [-0.25, -0.2) is 14.3 Å². The number of amides is 1. The smallest absolute Gasteiger partial charge is 0.339 e. The van der Waals surface area contributed by atoms with Crippen molar-refractivity contribution in [2.75, 3.05) is 19.0 Å². The molecular weight excluding hydrogens is 390 g/mol. The van der Waals surface area contributed by atoms with Crippen molar-refractivity contribution in [3.8, 4) is 0 Å². The summed E-state index contributed by atoms with van der Waals surface area (Å²) >= 11 is 0. The molecule has 0 aliphatic rings. The first-order valence-corrected chi connectivity index (χ1v) is 8.98. The van der Waals surface area contributed by atoms with Crippen LogP contribution < -0.4 is 5.32 Å². The molecule has 154 valence electrons. The Labute approximate surface area is 171 Å². The number of hydrogen-bond acceptors (Lipinski definition) is 8. The minimum Gasteiger partial charge on any atom is -0.465 e. The standard InChI is InChI=1S/C20H19N5O5/c1-29-19(27)15-9-5-6-10-16(15)22-18(26)12-30-20(28)17(25-13-21-23-24-25)11-14-7-3-2-4-8-14/h2-10,13,17H,11-12H2,1H3,(H,22,26)/t17-/m1/s1. The molecule has 0 saturated heterocycles. The first kappa shape index (κ1) is 20.6. The fraction of sp³-hybridized carbons (Fsp3) is 0.200. The molecule has 0 fully saturated rings. The quantitative estimate of drug-likeness (QED) is 0.554. The van der Waals surface area contributed by atoms with Crippen LogP contribution in [-0.4, -0.2) is 51.8 Å². The Morgan fingerprint density at radius 1 is 1.07 bits per heavy atom. The van der Waals surface area contributed by atoms with Crippen LogP contribution in [0.2, 0.25) is 0 Å². The van der Waals surface area contributed by atoms with Crippen LogP contribution in [0.15, 0.2) is 60.9 Å². The molecule has 0 spiro atoms. The highest BCUT2D eigenvalue weighted by Crippen LogP contribution is 2.17. The number of carbonyl (C=O) groups is 3. The maximum atomic E-state index is 12.6. The zero-order valence-electron chi connectivity index (χ0n) is 16.1. The molecule has 30 heavy (non-hydrogen) atoms. The molecule has 1 atom stereocenters. The van der Waals surface area contributed by atoms with Gasteiger partial charge < -0.3 is 14.8 Å². The predicted molar refractivity (Wildman–Crippen MR) is 104 cm³/mol. The number of methoxy groups -OCH3 is 1. The number of hydrogen-bond donors (Lipinski definition) is 1. The lowest BCUT2D eigenvalue weighted by molar-refractivity contribution is -0.151. The minimum absolute atomic E-state index is 0.190. The SMILES string of the molecule is COC(=O)c1ccccc1NC(=O)COC(=O)[C@@H](Cc1ccccc1)n1cnnn1. The molecule has 3 aromatic rings. The van der Waals surface area contributed by atoms with Gasteiger partial charge in [-0.3, -0.25) is 4.79 Å². The van der Waals surface area contributed by atoms with Gasteiger partial charge in [0.25, 0.3) is 5.91 Å². The summed E-state index contributed by atoms with van der Waals surface area (Å²) in [4.78, 5) is 36.7. The van der Waals surface area contributed by atoms with Gasteiger partial charge in [-0.1, -0.05) is 42.5 Å². The lowest BCUT2D eigenvalue weighted by atomic mass is 10.1. The van der Waals surface area contributed by atoms with Crippen molar-refractivity contribution >= 4 is 23.5 Å². The fourth-order valence-electron chi connectivity index (χ4n) is 2.73. The Morgan fingerprint density at radius 2 is 1.80 bits per heavy atom. The number of aromatic nitrogens is 4. The van der Waals surface area contributed by atoms with Crippen LogP contribution in [0.1, 0.15) is 22.0 Å². The second kappa shape index (κ2) is 9.92. The van der Waals surface area contributed by atoms with E-state index in [9.17, 15) is 14.4 Å². The Kier molecular flexibility index (Phi) is 6.83. The maximum absolute atomic E-state index is 12.6. The number of tetrazole rings is 1. The highest BCUT2D eigenvalue weighted by atomic mass is 16.5. The van der Waals surface area contributed by atoms with E-state index in [0.29, 0.717) is 0 Å². The van der Waals surface area contributed by atoms with Crippen LogP contribution in [0.25, 0.3) is 0 Å². The average molecular weight is 409 g/mol. The number of nitrogens with zero attached hydrogens (tertiary/aromatic N) is 4. The van der Waals surface area contributed by atoms with Gasteiger partial charge in [-0.05, 0) is 28.1 Å². The highest BCUT2D eigenvalue weighted by molar-refractivity contribution is 6.01. The van der Waals surface area contributed by atoms with Crippen LogP contribution in [0, 0.1) is 0 Å². The summed E-state index contributed by atoms with van der Waals surface area (Å²) in [5, 5.41) is 13.4. The molecule has 1 heterocycles. The van der Waals surface area contributed by atoms with Crippen LogP contribution in [-0.2, 0) is 25.5 Å². The molecular formula is C20H19N5O5. The van der Waals surface area contributed by atoms with Crippen molar-refractivity contribution in [1.82, 2.24) is 20.2 Å². The second-order valence-electron chi connectivity index (χ2n) is 6.19. The third-order valence-corrected chi connectivity index (χ3v) is 4.18. The number of ether oxygens (including phenoxy) is 2. The lowest BCUT2D eigenvalue weighted by Gasteiger charge is -2.16. The summed E-state index contributed by atoms with van der Waals surface area (Å²) in [6, 6.07) is 14.8. The molecule has 1 N–H and O–H groups in total. The second-order valence-corrected chi connectivity index (χ2v) is 6.19. The van der Waals surface area contributed by atoms with Gasteiger partial charge in [0, 0.05) is 6.42 Å². The first-order valence-electron chi connectivity index (χ1n) is 8.98. The van der Waals surface area contributed by atoms with Crippen molar-refractivity contribution in [2.45, 2.75) is 12.5 Å². The van der Waals surface area contributed by atoms with E-state index < -0.39 is 30.5 Å².